The van der Waals surface area contributed by atoms with Crippen LogP contribution in [0.5, 0.6) is 0 Å². The van der Waals surface area contributed by atoms with Crippen molar-refractivity contribution in [2.45, 2.75) is 31.5 Å². The topological polar surface area (TPSA) is 55.8 Å². The van der Waals surface area contributed by atoms with E-state index in [-0.39, 0.29) is 18.0 Å². The van der Waals surface area contributed by atoms with Gasteiger partial charge >= 0.3 is 5.97 Å². The van der Waals surface area contributed by atoms with Crippen LogP contribution in [0.1, 0.15) is 19.8 Å². The summed E-state index contributed by atoms with van der Waals surface area (Å²) in [7, 11) is 1.36. The van der Waals surface area contributed by atoms with Crippen molar-refractivity contribution in [3.8, 4) is 0 Å². The number of rotatable bonds is 4. The Morgan fingerprint density at radius 3 is 3.11 bits per heavy atom. The first kappa shape index (κ1) is 12.7. The Balaban J connectivity index is 1.86. The predicted molar refractivity (Wildman–Crippen MR) is 67.2 cm³/mol. The number of esters is 1. The van der Waals surface area contributed by atoms with Gasteiger partial charge in [-0.1, -0.05) is 25.5 Å². The fourth-order valence-electron chi connectivity index (χ4n) is 3.52. The molecule has 0 N–H and O–H groups in total. The zero-order chi connectivity index (χ0) is 13.6. The number of likely N-dealkylation sites (tertiary alicyclic amines) is 1. The van der Waals surface area contributed by atoms with Gasteiger partial charge in [-0.25, -0.2) is 0 Å². The van der Waals surface area contributed by atoms with Gasteiger partial charge in [0.25, 0.3) is 0 Å². The lowest BCUT2D eigenvalue weighted by Crippen LogP contribution is -2.39. The summed E-state index contributed by atoms with van der Waals surface area (Å²) in [4.78, 5) is 26.2. The molecule has 4 atom stereocenters. The molecule has 0 aromatic carbocycles. The Bertz CT molecular complexity index is 447. The summed E-state index contributed by atoms with van der Waals surface area (Å²) >= 11 is 0. The second-order valence-electron chi connectivity index (χ2n) is 5.54. The fourth-order valence-corrected chi connectivity index (χ4v) is 3.52. The molecule has 5 heteroatoms. The van der Waals surface area contributed by atoms with E-state index >= 15 is 0 Å². The summed E-state index contributed by atoms with van der Waals surface area (Å²) in [6.07, 6.45) is 5.58. The summed E-state index contributed by atoms with van der Waals surface area (Å²) in [5.41, 5.74) is -0.589. The number of hydrogen-bond donors (Lipinski definition) is 0. The Morgan fingerprint density at radius 2 is 2.42 bits per heavy atom. The van der Waals surface area contributed by atoms with Crippen molar-refractivity contribution in [2.75, 3.05) is 20.2 Å². The normalized spacial score (nSPS) is 38.9. The lowest BCUT2D eigenvalue weighted by molar-refractivity contribution is -0.151. The number of unbranched alkanes of at least 4 members (excludes halogenated alkanes) is 1. The van der Waals surface area contributed by atoms with Crippen LogP contribution in [0.3, 0.4) is 0 Å². The summed E-state index contributed by atoms with van der Waals surface area (Å²) in [6, 6.07) is 0. The minimum atomic E-state index is -0.589. The Hall–Kier alpha value is -1.36. The average Bonchev–Trinajstić information content (AvgIpc) is 3.04. The molecule has 3 aliphatic heterocycles. The quantitative estimate of drug-likeness (QED) is 0.556. The van der Waals surface area contributed by atoms with Crippen LogP contribution in [-0.4, -0.2) is 48.7 Å². The minimum Gasteiger partial charge on any atom is -0.469 e. The molecule has 3 heterocycles. The maximum Gasteiger partial charge on any atom is 0.312 e. The van der Waals surface area contributed by atoms with Crippen molar-refractivity contribution in [1.82, 2.24) is 4.90 Å². The van der Waals surface area contributed by atoms with Gasteiger partial charge in [0, 0.05) is 6.54 Å². The summed E-state index contributed by atoms with van der Waals surface area (Å²) in [5.74, 6) is -1.18. The van der Waals surface area contributed by atoms with Gasteiger partial charge in [-0.15, -0.1) is 0 Å². The highest BCUT2D eigenvalue weighted by molar-refractivity contribution is 5.91. The van der Waals surface area contributed by atoms with E-state index in [1.807, 2.05) is 17.1 Å². The van der Waals surface area contributed by atoms with Crippen molar-refractivity contribution in [1.29, 1.82) is 0 Å². The molecule has 2 bridgehead atoms. The molecule has 104 valence electrons. The Kier molecular flexibility index (Phi) is 2.89. The van der Waals surface area contributed by atoms with Crippen molar-refractivity contribution in [3.63, 3.8) is 0 Å². The van der Waals surface area contributed by atoms with Gasteiger partial charge < -0.3 is 14.4 Å². The van der Waals surface area contributed by atoms with E-state index in [9.17, 15) is 9.59 Å². The molecule has 0 aliphatic carbocycles. The zero-order valence-corrected chi connectivity index (χ0v) is 11.3. The molecule has 0 aromatic heterocycles. The fraction of sp³-hybridized carbons (Fsp3) is 0.714. The van der Waals surface area contributed by atoms with Crippen LogP contribution in [0.25, 0.3) is 0 Å². The van der Waals surface area contributed by atoms with Crippen LogP contribution in [0, 0.1) is 11.8 Å². The second-order valence-corrected chi connectivity index (χ2v) is 5.54. The first-order valence-electron chi connectivity index (χ1n) is 6.87. The second kappa shape index (κ2) is 4.34. The monoisotopic (exact) mass is 265 g/mol. The summed E-state index contributed by atoms with van der Waals surface area (Å²) in [5, 5.41) is 0. The predicted octanol–water partition coefficient (Wildman–Crippen LogP) is 0.741. The third-order valence-corrected chi connectivity index (χ3v) is 4.43. The van der Waals surface area contributed by atoms with Gasteiger partial charge in [-0.3, -0.25) is 9.59 Å². The molecule has 1 unspecified atom stereocenters. The van der Waals surface area contributed by atoms with Crippen LogP contribution < -0.4 is 0 Å². The molecule has 1 spiro atoms. The summed E-state index contributed by atoms with van der Waals surface area (Å²) < 4.78 is 10.8. The third kappa shape index (κ3) is 1.64. The first-order chi connectivity index (χ1) is 9.13. The highest BCUT2D eigenvalue weighted by Crippen LogP contribution is 2.52. The number of amides is 1. The van der Waals surface area contributed by atoms with E-state index < -0.39 is 17.4 Å². The van der Waals surface area contributed by atoms with Gasteiger partial charge in [-0.05, 0) is 6.42 Å². The van der Waals surface area contributed by atoms with E-state index in [2.05, 4.69) is 6.92 Å². The van der Waals surface area contributed by atoms with E-state index in [1.54, 1.807) is 0 Å². The SMILES string of the molecule is CCCCN1C[C@@]23C=C[C@@H](O2)C(C(=O)OC)[C@H]3C1=O. The molecule has 0 aromatic rings. The average molecular weight is 265 g/mol. The lowest BCUT2D eigenvalue weighted by Gasteiger charge is -2.22. The van der Waals surface area contributed by atoms with Gasteiger partial charge in [-0.2, -0.15) is 0 Å². The number of nitrogens with zero attached hydrogens (tertiary/aromatic N) is 1. The van der Waals surface area contributed by atoms with Crippen molar-refractivity contribution < 1.29 is 19.1 Å². The maximum absolute atomic E-state index is 12.5. The number of fused-ring (bicyclic) bond motifs is 1. The number of ether oxygens (including phenoxy) is 2. The molecule has 3 aliphatic rings. The smallest absolute Gasteiger partial charge is 0.312 e. The molecule has 2 saturated heterocycles. The molecule has 5 nitrogen and oxygen atoms in total. The molecule has 0 saturated carbocycles. The standard InChI is InChI=1S/C14H19NO4/c1-3-4-7-15-8-14-6-5-9(19-14)10(13(17)18-2)11(14)12(15)16/h5-6,9-11H,3-4,7-8H2,1-2H3/t9-,10?,11+,14-/m1/s1. The van der Waals surface area contributed by atoms with Crippen molar-refractivity contribution in [3.05, 3.63) is 12.2 Å². The molecule has 0 radical (unpaired) electrons. The Morgan fingerprint density at radius 1 is 1.63 bits per heavy atom. The molecule has 1 amide bonds. The van der Waals surface area contributed by atoms with E-state index in [1.165, 1.54) is 7.11 Å². The van der Waals surface area contributed by atoms with Gasteiger partial charge in [0.2, 0.25) is 5.91 Å². The van der Waals surface area contributed by atoms with Crippen LogP contribution in [-0.2, 0) is 19.1 Å². The van der Waals surface area contributed by atoms with Crippen LogP contribution in [0.4, 0.5) is 0 Å². The van der Waals surface area contributed by atoms with Crippen LogP contribution in [0.2, 0.25) is 0 Å². The Labute approximate surface area is 112 Å². The highest BCUT2D eigenvalue weighted by Gasteiger charge is 2.67. The summed E-state index contributed by atoms with van der Waals surface area (Å²) in [6.45, 7) is 3.40. The largest absolute Gasteiger partial charge is 0.469 e. The first-order valence-corrected chi connectivity index (χ1v) is 6.87. The third-order valence-electron chi connectivity index (χ3n) is 4.43. The van der Waals surface area contributed by atoms with Crippen LogP contribution in [0.15, 0.2) is 12.2 Å². The maximum atomic E-state index is 12.5. The highest BCUT2D eigenvalue weighted by atomic mass is 16.5. The van der Waals surface area contributed by atoms with Gasteiger partial charge in [0.1, 0.15) is 11.5 Å². The van der Waals surface area contributed by atoms with E-state index in [0.717, 1.165) is 19.4 Å². The lowest BCUT2D eigenvalue weighted by atomic mass is 9.77. The number of carbonyl (C=O) groups is 2. The van der Waals surface area contributed by atoms with E-state index in [0.29, 0.717) is 6.54 Å². The van der Waals surface area contributed by atoms with E-state index in [4.69, 9.17) is 9.47 Å². The molecule has 3 rings (SSSR count). The van der Waals surface area contributed by atoms with Gasteiger partial charge in [0.05, 0.1) is 25.7 Å². The van der Waals surface area contributed by atoms with Crippen LogP contribution >= 0.6 is 0 Å². The number of carbonyl (C=O) groups excluding carboxylic acids is 2. The van der Waals surface area contributed by atoms with Crippen molar-refractivity contribution in [2.24, 2.45) is 11.8 Å². The number of hydrogen-bond acceptors (Lipinski definition) is 4. The molecule has 2 fully saturated rings. The number of methoxy groups -OCH3 is 1. The molecular weight excluding hydrogens is 246 g/mol. The zero-order valence-electron chi connectivity index (χ0n) is 11.3. The molecule has 19 heavy (non-hydrogen) atoms. The minimum absolute atomic E-state index is 0.0377. The van der Waals surface area contributed by atoms with Gasteiger partial charge in [0.15, 0.2) is 0 Å². The molecular formula is C14H19NO4. The van der Waals surface area contributed by atoms with Crippen molar-refractivity contribution >= 4 is 11.9 Å².